The second-order valence-corrected chi connectivity index (χ2v) is 9.33. The maximum atomic E-state index is 13.4. The number of carbonyl (C=O) groups excluding carboxylic acids is 1. The molecule has 4 rings (SSSR count). The van der Waals surface area contributed by atoms with Gasteiger partial charge >= 0.3 is 0 Å². The molecule has 3 aromatic rings. The van der Waals surface area contributed by atoms with Gasteiger partial charge in [0.05, 0.1) is 18.7 Å². The summed E-state index contributed by atoms with van der Waals surface area (Å²) in [5, 5.41) is 7.80. The molecular formula is C22H27N6O5P. The Morgan fingerprint density at radius 2 is 2.09 bits per heavy atom. The highest BCUT2D eigenvalue weighted by Gasteiger charge is 2.24. The van der Waals surface area contributed by atoms with Crippen LogP contribution < -0.4 is 20.5 Å². The number of nitrogens with one attached hydrogen (secondary N) is 1. The molecule has 0 aromatic carbocycles. The quantitative estimate of drug-likeness (QED) is 0.406. The van der Waals surface area contributed by atoms with E-state index in [0.29, 0.717) is 53.5 Å². The Bertz CT molecular complexity index is 1200. The molecule has 180 valence electrons. The summed E-state index contributed by atoms with van der Waals surface area (Å²) in [6.45, 7) is 1.09. The highest BCUT2D eigenvalue weighted by molar-refractivity contribution is 7.45. The molecule has 0 bridgehead atoms. The van der Waals surface area contributed by atoms with Crippen LogP contribution in [-0.2, 0) is 11.3 Å². The fourth-order valence-corrected chi connectivity index (χ4v) is 4.69. The number of methoxy groups -OCH3 is 1. The highest BCUT2D eigenvalue weighted by Crippen LogP contribution is 2.33. The minimum Gasteiger partial charge on any atom is -0.481 e. The Morgan fingerprint density at radius 1 is 1.29 bits per heavy atom. The molecular weight excluding hydrogens is 459 g/mol. The average molecular weight is 486 g/mol. The smallest absolute Gasteiger partial charge is 0.278 e. The first kappa shape index (κ1) is 24.0. The summed E-state index contributed by atoms with van der Waals surface area (Å²) < 4.78 is 6.46. The number of hydrogen-bond donors (Lipinski definition) is 3. The molecule has 3 N–H and O–H groups in total. The van der Waals surface area contributed by atoms with Crippen molar-refractivity contribution in [2.75, 3.05) is 36.6 Å². The zero-order valence-corrected chi connectivity index (χ0v) is 19.7. The van der Waals surface area contributed by atoms with Gasteiger partial charge in [0.25, 0.3) is 5.56 Å². The second-order valence-electron chi connectivity index (χ2n) is 8.14. The van der Waals surface area contributed by atoms with Gasteiger partial charge in [-0.3, -0.25) is 9.59 Å². The van der Waals surface area contributed by atoms with E-state index in [1.807, 2.05) is 4.90 Å². The summed E-state index contributed by atoms with van der Waals surface area (Å²) >= 11 is 0. The summed E-state index contributed by atoms with van der Waals surface area (Å²) in [4.78, 5) is 54.9. The molecule has 0 radical (unpaired) electrons. The molecule has 0 atom stereocenters. The Hall–Kier alpha value is -3.14. The fourth-order valence-electron chi connectivity index (χ4n) is 4.09. The number of anilines is 2. The van der Waals surface area contributed by atoms with Crippen molar-refractivity contribution < 1.29 is 19.3 Å². The monoisotopic (exact) mass is 486 g/mol. The zero-order valence-electron chi connectivity index (χ0n) is 18.8. The van der Waals surface area contributed by atoms with E-state index in [1.165, 1.54) is 13.3 Å². The molecule has 1 fully saturated rings. The standard InChI is InChI=1S/C22H27N6O5P/c1-33-19-12-16-13-24-28(14-18(29)25-17-4-2-3-8-23-17)22(30)20(16)21(26-19)27-9-5-15(6-10-27)7-11-34(31)32/h2-4,8,12-13,15,31-32H,5-7,9-11,14H2,1H3,(H,23,25,29). The number of carbonyl (C=O) groups is 1. The van der Waals surface area contributed by atoms with Crippen LogP contribution in [0.2, 0.25) is 0 Å². The number of nitrogens with zero attached hydrogens (tertiary/aromatic N) is 5. The predicted octanol–water partition coefficient (Wildman–Crippen LogP) is 1.74. The minimum atomic E-state index is -1.87. The van der Waals surface area contributed by atoms with Gasteiger partial charge in [-0.05, 0) is 37.3 Å². The van der Waals surface area contributed by atoms with Crippen LogP contribution >= 0.6 is 8.38 Å². The van der Waals surface area contributed by atoms with Crippen LogP contribution in [0.1, 0.15) is 19.3 Å². The van der Waals surface area contributed by atoms with E-state index in [2.05, 4.69) is 20.4 Å². The number of fused-ring (bicyclic) bond motifs is 1. The third-order valence-corrected chi connectivity index (χ3v) is 6.54. The molecule has 0 unspecified atom stereocenters. The van der Waals surface area contributed by atoms with Gasteiger partial charge in [0.15, 0.2) is 8.38 Å². The molecule has 11 nitrogen and oxygen atoms in total. The average Bonchev–Trinajstić information content (AvgIpc) is 2.84. The van der Waals surface area contributed by atoms with Crippen LogP contribution in [0.25, 0.3) is 10.8 Å². The van der Waals surface area contributed by atoms with Crippen molar-refractivity contribution in [3.63, 3.8) is 0 Å². The number of ether oxygens (including phenoxy) is 1. The first-order valence-corrected chi connectivity index (χ1v) is 12.4. The van der Waals surface area contributed by atoms with Gasteiger partial charge in [-0.2, -0.15) is 10.1 Å². The maximum Gasteiger partial charge on any atom is 0.278 e. The van der Waals surface area contributed by atoms with Gasteiger partial charge < -0.3 is 24.7 Å². The Morgan fingerprint density at radius 3 is 2.76 bits per heavy atom. The van der Waals surface area contributed by atoms with Crippen molar-refractivity contribution in [2.24, 2.45) is 5.92 Å². The van der Waals surface area contributed by atoms with E-state index in [1.54, 1.807) is 30.5 Å². The summed E-state index contributed by atoms with van der Waals surface area (Å²) in [6, 6.07) is 6.82. The molecule has 34 heavy (non-hydrogen) atoms. The third-order valence-electron chi connectivity index (χ3n) is 5.88. The number of pyridine rings is 2. The van der Waals surface area contributed by atoms with Crippen LogP contribution in [-0.4, -0.2) is 61.8 Å². The largest absolute Gasteiger partial charge is 0.481 e. The molecule has 0 saturated carbocycles. The van der Waals surface area contributed by atoms with E-state index in [9.17, 15) is 19.4 Å². The van der Waals surface area contributed by atoms with Crippen molar-refractivity contribution >= 4 is 36.7 Å². The summed E-state index contributed by atoms with van der Waals surface area (Å²) in [5.41, 5.74) is -0.410. The molecule has 1 aliphatic heterocycles. The normalized spacial score (nSPS) is 14.5. The summed E-state index contributed by atoms with van der Waals surface area (Å²) in [6.07, 6.45) is 6.00. The molecule has 0 spiro atoms. The number of amides is 1. The first-order chi connectivity index (χ1) is 16.4. The molecule has 0 aliphatic carbocycles. The number of aromatic nitrogens is 4. The lowest BCUT2D eigenvalue weighted by molar-refractivity contribution is -0.117. The SMILES string of the molecule is COc1cc2cnn(CC(=O)Nc3ccccn3)c(=O)c2c(N2CCC(CCP(O)O)CC2)n1. The lowest BCUT2D eigenvalue weighted by Crippen LogP contribution is -2.36. The molecule has 3 aromatic heterocycles. The number of piperidine rings is 1. The van der Waals surface area contributed by atoms with Crippen LogP contribution in [0.4, 0.5) is 11.6 Å². The van der Waals surface area contributed by atoms with Gasteiger partial charge in [-0.15, -0.1) is 0 Å². The minimum absolute atomic E-state index is 0.260. The van der Waals surface area contributed by atoms with Crippen LogP contribution in [0, 0.1) is 5.92 Å². The fraction of sp³-hybridized carbons (Fsp3) is 0.409. The van der Waals surface area contributed by atoms with Crippen LogP contribution in [0.15, 0.2) is 41.5 Å². The van der Waals surface area contributed by atoms with Gasteiger partial charge in [-0.1, -0.05) is 6.07 Å². The molecule has 4 heterocycles. The van der Waals surface area contributed by atoms with Crippen molar-refractivity contribution in [1.82, 2.24) is 19.7 Å². The summed E-state index contributed by atoms with van der Waals surface area (Å²) in [5.74, 6) is 1.26. The van der Waals surface area contributed by atoms with Crippen molar-refractivity contribution in [3.8, 4) is 5.88 Å². The van der Waals surface area contributed by atoms with Crippen LogP contribution in [0.3, 0.4) is 0 Å². The topological polar surface area (TPSA) is 143 Å². The lowest BCUT2D eigenvalue weighted by atomic mass is 9.94. The molecule has 1 aliphatic rings. The van der Waals surface area contributed by atoms with Gasteiger partial charge in [-0.25, -0.2) is 9.67 Å². The van der Waals surface area contributed by atoms with Gasteiger partial charge in [0, 0.05) is 36.9 Å². The van der Waals surface area contributed by atoms with E-state index in [4.69, 9.17) is 4.74 Å². The molecule has 12 heteroatoms. The highest BCUT2D eigenvalue weighted by atomic mass is 31.2. The second kappa shape index (κ2) is 10.9. The zero-order chi connectivity index (χ0) is 24.1. The van der Waals surface area contributed by atoms with E-state index >= 15 is 0 Å². The summed E-state index contributed by atoms with van der Waals surface area (Å²) in [7, 11) is -0.356. The Kier molecular flexibility index (Phi) is 7.66. The Balaban J connectivity index is 1.59. The van der Waals surface area contributed by atoms with Gasteiger partial charge in [0.2, 0.25) is 11.8 Å². The van der Waals surface area contributed by atoms with Gasteiger partial charge in [0.1, 0.15) is 18.2 Å². The van der Waals surface area contributed by atoms with E-state index in [0.717, 1.165) is 23.9 Å². The first-order valence-electron chi connectivity index (χ1n) is 11.0. The number of rotatable bonds is 8. The van der Waals surface area contributed by atoms with Crippen LogP contribution in [0.5, 0.6) is 5.88 Å². The van der Waals surface area contributed by atoms with Crippen molar-refractivity contribution in [1.29, 1.82) is 0 Å². The lowest BCUT2D eigenvalue weighted by Gasteiger charge is -2.33. The van der Waals surface area contributed by atoms with E-state index < -0.39 is 19.8 Å². The Labute approximate surface area is 197 Å². The van der Waals surface area contributed by atoms with Crippen molar-refractivity contribution in [2.45, 2.75) is 25.8 Å². The molecule has 1 saturated heterocycles. The van der Waals surface area contributed by atoms with Crippen molar-refractivity contribution in [3.05, 3.63) is 47.0 Å². The third kappa shape index (κ3) is 5.67. The van der Waals surface area contributed by atoms with E-state index in [-0.39, 0.29) is 6.54 Å². The maximum absolute atomic E-state index is 13.4. The molecule has 1 amide bonds. The number of hydrogen-bond acceptors (Lipinski definition) is 9. The predicted molar refractivity (Wildman–Crippen MR) is 129 cm³/mol.